The highest BCUT2D eigenvalue weighted by Crippen LogP contribution is 2.30. The second kappa shape index (κ2) is 3.86. The predicted octanol–water partition coefficient (Wildman–Crippen LogP) is 3.18. The van der Waals surface area contributed by atoms with Gasteiger partial charge in [0.1, 0.15) is 0 Å². The fourth-order valence-corrected chi connectivity index (χ4v) is 3.24. The normalized spacial score (nSPS) is 15.3. The number of hydrogen-bond donors (Lipinski definition) is 1. The fourth-order valence-electron chi connectivity index (χ4n) is 3.24. The van der Waals surface area contributed by atoms with Crippen molar-refractivity contribution in [3.63, 3.8) is 0 Å². The third-order valence-electron chi connectivity index (χ3n) is 3.83. The van der Waals surface area contributed by atoms with E-state index in [1.807, 2.05) is 0 Å². The molecule has 0 amide bonds. The van der Waals surface area contributed by atoms with Crippen molar-refractivity contribution in [3.05, 3.63) is 35.0 Å². The van der Waals surface area contributed by atoms with E-state index in [1.54, 1.807) is 0 Å². The zero-order chi connectivity index (χ0) is 12.9. The first-order chi connectivity index (χ1) is 8.44. The van der Waals surface area contributed by atoms with Gasteiger partial charge in [-0.3, -0.25) is 0 Å². The molecule has 0 atom stereocenters. The first-order valence-electron chi connectivity index (χ1n) is 6.84. The van der Waals surface area contributed by atoms with Crippen LogP contribution in [-0.2, 0) is 19.4 Å². The van der Waals surface area contributed by atoms with E-state index in [0.29, 0.717) is 0 Å². The van der Waals surface area contributed by atoms with Gasteiger partial charge >= 0.3 is 0 Å². The molecule has 2 N–H and O–H groups in total. The van der Waals surface area contributed by atoms with E-state index in [0.717, 1.165) is 6.42 Å². The Kier molecular flexibility index (Phi) is 2.53. The van der Waals surface area contributed by atoms with Crippen LogP contribution in [0.25, 0.3) is 10.9 Å². The van der Waals surface area contributed by atoms with Gasteiger partial charge in [-0.2, -0.15) is 0 Å². The molecule has 0 aliphatic carbocycles. The van der Waals surface area contributed by atoms with Gasteiger partial charge < -0.3 is 10.3 Å². The molecule has 96 valence electrons. The molecule has 2 heteroatoms. The van der Waals surface area contributed by atoms with Gasteiger partial charge in [0.15, 0.2) is 0 Å². The Morgan fingerprint density at radius 1 is 1.28 bits per heavy atom. The highest BCUT2D eigenvalue weighted by molar-refractivity contribution is 5.85. The average molecular weight is 242 g/mol. The van der Waals surface area contributed by atoms with Gasteiger partial charge in [-0.1, -0.05) is 6.07 Å². The molecule has 18 heavy (non-hydrogen) atoms. The van der Waals surface area contributed by atoms with Crippen LogP contribution < -0.4 is 5.73 Å². The third-order valence-corrected chi connectivity index (χ3v) is 3.83. The lowest BCUT2D eigenvalue weighted by molar-refractivity contribution is 0.516. The second-order valence-electron chi connectivity index (χ2n) is 6.40. The summed E-state index contributed by atoms with van der Waals surface area (Å²) in [5.41, 5.74) is 11.7. The van der Waals surface area contributed by atoms with Crippen LogP contribution in [0.2, 0.25) is 0 Å². The molecule has 0 saturated carbocycles. The van der Waals surface area contributed by atoms with Crippen molar-refractivity contribution in [2.24, 2.45) is 5.73 Å². The lowest BCUT2D eigenvalue weighted by Gasteiger charge is -2.21. The maximum atomic E-state index is 6.15. The smallest absolute Gasteiger partial charge is 0.0515 e. The van der Waals surface area contributed by atoms with Crippen molar-refractivity contribution >= 4 is 10.9 Å². The highest BCUT2D eigenvalue weighted by Gasteiger charge is 2.18. The molecule has 0 unspecified atom stereocenters. The molecule has 2 nitrogen and oxygen atoms in total. The fraction of sp³-hybridized carbons (Fsp3) is 0.500. The first kappa shape index (κ1) is 11.8. The van der Waals surface area contributed by atoms with Gasteiger partial charge in [0.05, 0.1) is 5.52 Å². The van der Waals surface area contributed by atoms with Gasteiger partial charge in [-0.15, -0.1) is 0 Å². The summed E-state index contributed by atoms with van der Waals surface area (Å²) >= 11 is 0. The van der Waals surface area contributed by atoms with Gasteiger partial charge in [0.25, 0.3) is 0 Å². The molecule has 1 aliphatic rings. The van der Waals surface area contributed by atoms with Crippen LogP contribution in [0, 0.1) is 6.92 Å². The van der Waals surface area contributed by atoms with Gasteiger partial charge in [0.2, 0.25) is 0 Å². The number of rotatable bonds is 2. The van der Waals surface area contributed by atoms with Crippen molar-refractivity contribution in [1.29, 1.82) is 0 Å². The first-order valence-corrected chi connectivity index (χ1v) is 6.84. The van der Waals surface area contributed by atoms with E-state index in [-0.39, 0.29) is 5.54 Å². The third kappa shape index (κ3) is 1.95. The summed E-state index contributed by atoms with van der Waals surface area (Å²) in [5.74, 6) is 0. The molecule has 1 aliphatic heterocycles. The lowest BCUT2D eigenvalue weighted by Crippen LogP contribution is -2.34. The molecule has 2 heterocycles. The number of nitrogens with two attached hydrogens (primary N) is 1. The minimum absolute atomic E-state index is 0.132. The Balaban J connectivity index is 2.16. The maximum Gasteiger partial charge on any atom is 0.0515 e. The van der Waals surface area contributed by atoms with Gasteiger partial charge in [0, 0.05) is 23.2 Å². The largest absolute Gasteiger partial charge is 0.345 e. The number of aromatic nitrogens is 1. The molecule has 0 bridgehead atoms. The SMILES string of the molecule is Cc1cc2cc(CC(C)(C)N)cc3c2n1CCC3. The minimum Gasteiger partial charge on any atom is -0.345 e. The molecule has 1 aromatic heterocycles. The summed E-state index contributed by atoms with van der Waals surface area (Å²) in [6.07, 6.45) is 3.41. The molecule has 2 aromatic rings. The summed E-state index contributed by atoms with van der Waals surface area (Å²) in [6, 6.07) is 7.01. The van der Waals surface area contributed by atoms with E-state index < -0.39 is 0 Å². The summed E-state index contributed by atoms with van der Waals surface area (Å²) in [6.45, 7) is 7.57. The Morgan fingerprint density at radius 3 is 2.78 bits per heavy atom. The average Bonchev–Trinajstić information content (AvgIpc) is 2.55. The van der Waals surface area contributed by atoms with Gasteiger partial charge in [-0.25, -0.2) is 0 Å². The lowest BCUT2D eigenvalue weighted by atomic mass is 9.92. The Bertz CT molecular complexity index is 600. The van der Waals surface area contributed by atoms with Crippen molar-refractivity contribution in [3.8, 4) is 0 Å². The van der Waals surface area contributed by atoms with E-state index in [2.05, 4.69) is 43.5 Å². The number of hydrogen-bond acceptors (Lipinski definition) is 1. The van der Waals surface area contributed by atoms with Crippen LogP contribution in [0.3, 0.4) is 0 Å². The van der Waals surface area contributed by atoms with Crippen LogP contribution in [0.5, 0.6) is 0 Å². The van der Waals surface area contributed by atoms with E-state index >= 15 is 0 Å². The summed E-state index contributed by atoms with van der Waals surface area (Å²) in [7, 11) is 0. The summed E-state index contributed by atoms with van der Waals surface area (Å²) in [4.78, 5) is 0. The minimum atomic E-state index is -0.132. The molecular formula is C16H22N2. The van der Waals surface area contributed by atoms with Crippen molar-refractivity contribution in [2.75, 3.05) is 0 Å². The highest BCUT2D eigenvalue weighted by atomic mass is 15.0. The summed E-state index contributed by atoms with van der Waals surface area (Å²) < 4.78 is 2.46. The molecular weight excluding hydrogens is 220 g/mol. The van der Waals surface area contributed by atoms with Crippen molar-refractivity contribution < 1.29 is 0 Å². The van der Waals surface area contributed by atoms with E-state index in [9.17, 15) is 0 Å². The molecule has 0 radical (unpaired) electrons. The van der Waals surface area contributed by atoms with Crippen LogP contribution >= 0.6 is 0 Å². The molecule has 3 rings (SSSR count). The zero-order valence-corrected chi connectivity index (χ0v) is 11.6. The van der Waals surface area contributed by atoms with E-state index in [1.165, 1.54) is 47.1 Å². The maximum absolute atomic E-state index is 6.15. The molecule has 0 spiro atoms. The number of nitrogens with zero attached hydrogens (tertiary/aromatic N) is 1. The van der Waals surface area contributed by atoms with Crippen molar-refractivity contribution in [2.45, 2.75) is 52.1 Å². The molecule has 0 fully saturated rings. The van der Waals surface area contributed by atoms with Crippen molar-refractivity contribution in [1.82, 2.24) is 4.57 Å². The van der Waals surface area contributed by atoms with Crippen LogP contribution in [0.4, 0.5) is 0 Å². The van der Waals surface area contributed by atoms with Crippen LogP contribution in [0.1, 0.15) is 37.1 Å². The monoisotopic (exact) mass is 242 g/mol. The number of benzene rings is 1. The Morgan fingerprint density at radius 2 is 2.06 bits per heavy atom. The summed E-state index contributed by atoms with van der Waals surface area (Å²) in [5, 5.41) is 1.39. The Hall–Kier alpha value is -1.28. The standard InChI is InChI=1S/C16H22N2/c1-11-7-14-9-12(10-16(2,3)17)8-13-5-4-6-18(11)15(13)14/h7-9H,4-6,10,17H2,1-3H3. The van der Waals surface area contributed by atoms with Crippen LogP contribution in [0.15, 0.2) is 18.2 Å². The molecule has 1 aromatic carbocycles. The topological polar surface area (TPSA) is 30.9 Å². The zero-order valence-electron chi connectivity index (χ0n) is 11.6. The Labute approximate surface area is 109 Å². The number of aryl methyl sites for hydroxylation is 3. The predicted molar refractivity (Wildman–Crippen MR) is 77.0 cm³/mol. The van der Waals surface area contributed by atoms with Crippen LogP contribution in [-0.4, -0.2) is 10.1 Å². The van der Waals surface area contributed by atoms with Gasteiger partial charge in [-0.05, 0) is 63.3 Å². The quantitative estimate of drug-likeness (QED) is 0.861. The van der Waals surface area contributed by atoms with E-state index in [4.69, 9.17) is 5.73 Å². The molecule has 0 saturated heterocycles. The second-order valence-corrected chi connectivity index (χ2v) is 6.40.